The van der Waals surface area contributed by atoms with Gasteiger partial charge in [0, 0.05) is 23.2 Å². The monoisotopic (exact) mass is 398 g/mol. The molecule has 2 atom stereocenters. The van der Waals surface area contributed by atoms with Crippen LogP contribution < -0.4 is 11.1 Å². The molecule has 0 fully saturated rings. The van der Waals surface area contributed by atoms with Crippen LogP contribution in [0.25, 0.3) is 16.8 Å². The van der Waals surface area contributed by atoms with Gasteiger partial charge in [0.05, 0.1) is 0 Å². The molecule has 3 aromatic carbocycles. The Morgan fingerprint density at radius 2 is 1.63 bits per heavy atom. The highest BCUT2D eigenvalue weighted by molar-refractivity contribution is 5.95. The number of benzene rings is 3. The fourth-order valence-corrected chi connectivity index (χ4v) is 3.35. The van der Waals surface area contributed by atoms with E-state index in [0.29, 0.717) is 17.7 Å². The Morgan fingerprint density at radius 1 is 0.967 bits per heavy atom. The summed E-state index contributed by atoms with van der Waals surface area (Å²) in [5, 5.41) is 2.95. The standard InChI is InChI=1S/C26H26N2O2/c1-18(27)24-10-6-7-20(15-24)16-25(17-29)19(2)28-26(30)23-13-11-22(12-14-23)21-8-4-3-5-9-21/h3-15,17,19,25H,1,16,27H2,2H3,(H,28,30). The fraction of sp³-hybridized carbons (Fsp3) is 0.154. The fourth-order valence-electron chi connectivity index (χ4n) is 3.35. The molecule has 0 spiro atoms. The van der Waals surface area contributed by atoms with Gasteiger partial charge in [-0.05, 0) is 53.8 Å². The molecule has 2 unspecified atom stereocenters. The van der Waals surface area contributed by atoms with Gasteiger partial charge in [0.2, 0.25) is 0 Å². The van der Waals surface area contributed by atoms with Crippen LogP contribution in [0, 0.1) is 5.92 Å². The molecule has 30 heavy (non-hydrogen) atoms. The maximum absolute atomic E-state index is 12.7. The number of rotatable bonds is 8. The lowest BCUT2D eigenvalue weighted by molar-refractivity contribution is -0.111. The maximum atomic E-state index is 12.7. The minimum atomic E-state index is -0.348. The summed E-state index contributed by atoms with van der Waals surface area (Å²) in [4.78, 5) is 24.4. The first-order chi connectivity index (χ1) is 14.5. The molecule has 3 rings (SSSR count). The van der Waals surface area contributed by atoms with Gasteiger partial charge in [0.25, 0.3) is 5.91 Å². The van der Waals surface area contributed by atoms with Gasteiger partial charge in [0.1, 0.15) is 6.29 Å². The molecular formula is C26H26N2O2. The molecule has 3 N–H and O–H groups in total. The van der Waals surface area contributed by atoms with Crippen molar-refractivity contribution in [3.8, 4) is 11.1 Å². The molecule has 4 nitrogen and oxygen atoms in total. The third-order valence-corrected chi connectivity index (χ3v) is 5.20. The van der Waals surface area contributed by atoms with Crippen molar-refractivity contribution in [3.05, 3.63) is 102 Å². The minimum absolute atomic E-state index is 0.196. The Balaban J connectivity index is 1.65. The van der Waals surface area contributed by atoms with Crippen molar-refractivity contribution in [1.29, 1.82) is 0 Å². The zero-order valence-electron chi connectivity index (χ0n) is 17.0. The first-order valence-corrected chi connectivity index (χ1v) is 9.93. The van der Waals surface area contributed by atoms with Crippen LogP contribution in [0.15, 0.2) is 85.4 Å². The van der Waals surface area contributed by atoms with Crippen molar-refractivity contribution in [3.63, 3.8) is 0 Å². The first kappa shape index (κ1) is 21.1. The molecule has 0 aliphatic rings. The highest BCUT2D eigenvalue weighted by Crippen LogP contribution is 2.20. The lowest BCUT2D eigenvalue weighted by Crippen LogP contribution is -2.39. The van der Waals surface area contributed by atoms with Crippen LogP contribution >= 0.6 is 0 Å². The normalized spacial score (nSPS) is 12.6. The predicted molar refractivity (Wildman–Crippen MR) is 122 cm³/mol. The van der Waals surface area contributed by atoms with Crippen LogP contribution in [-0.4, -0.2) is 18.2 Å². The van der Waals surface area contributed by atoms with E-state index in [-0.39, 0.29) is 17.9 Å². The summed E-state index contributed by atoms with van der Waals surface area (Å²) in [5.41, 5.74) is 10.8. The first-order valence-electron chi connectivity index (χ1n) is 9.93. The van der Waals surface area contributed by atoms with E-state index in [1.165, 1.54) is 0 Å². The van der Waals surface area contributed by atoms with E-state index < -0.39 is 0 Å². The lowest BCUT2D eigenvalue weighted by Gasteiger charge is -2.21. The zero-order valence-corrected chi connectivity index (χ0v) is 17.0. The van der Waals surface area contributed by atoms with Gasteiger partial charge in [-0.3, -0.25) is 4.79 Å². The van der Waals surface area contributed by atoms with Gasteiger partial charge in [0.15, 0.2) is 0 Å². The van der Waals surface area contributed by atoms with E-state index in [1.54, 1.807) is 12.1 Å². The molecule has 0 aliphatic carbocycles. The molecule has 0 saturated carbocycles. The van der Waals surface area contributed by atoms with Gasteiger partial charge in [-0.2, -0.15) is 0 Å². The maximum Gasteiger partial charge on any atom is 0.251 e. The van der Waals surface area contributed by atoms with Crippen LogP contribution in [0.3, 0.4) is 0 Å². The van der Waals surface area contributed by atoms with Crippen molar-refractivity contribution in [1.82, 2.24) is 5.32 Å². The SMILES string of the molecule is C=C(N)c1cccc(CC(C=O)C(C)NC(=O)c2ccc(-c3ccccc3)cc2)c1. The predicted octanol–water partition coefficient (Wildman–Crippen LogP) is 4.46. The largest absolute Gasteiger partial charge is 0.399 e. The molecule has 0 bridgehead atoms. The highest BCUT2D eigenvalue weighted by Gasteiger charge is 2.20. The van der Waals surface area contributed by atoms with Gasteiger partial charge in [-0.1, -0.05) is 67.2 Å². The molecule has 0 aliphatic heterocycles. The number of carbonyl (C=O) groups excluding carboxylic acids is 2. The molecule has 0 heterocycles. The van der Waals surface area contributed by atoms with Crippen LogP contribution in [0.5, 0.6) is 0 Å². The number of aldehydes is 1. The minimum Gasteiger partial charge on any atom is -0.399 e. The number of carbonyl (C=O) groups is 2. The number of amides is 1. The molecule has 0 radical (unpaired) electrons. The van der Waals surface area contributed by atoms with Gasteiger partial charge in [-0.15, -0.1) is 0 Å². The summed E-state index contributed by atoms with van der Waals surface area (Å²) in [6.07, 6.45) is 1.41. The third kappa shape index (κ3) is 5.23. The molecule has 0 aromatic heterocycles. The van der Waals surface area contributed by atoms with E-state index >= 15 is 0 Å². The smallest absolute Gasteiger partial charge is 0.251 e. The molecule has 4 heteroatoms. The van der Waals surface area contributed by atoms with Crippen molar-refractivity contribution in [2.75, 3.05) is 0 Å². The third-order valence-electron chi connectivity index (χ3n) is 5.20. The summed E-state index contributed by atoms with van der Waals surface area (Å²) in [6, 6.07) is 24.8. The Labute approximate surface area is 177 Å². The molecular weight excluding hydrogens is 372 g/mol. The summed E-state index contributed by atoms with van der Waals surface area (Å²) < 4.78 is 0. The molecule has 1 amide bonds. The number of nitrogens with two attached hydrogens (primary N) is 1. The van der Waals surface area contributed by atoms with Gasteiger partial charge >= 0.3 is 0 Å². The second kappa shape index (κ2) is 9.70. The van der Waals surface area contributed by atoms with E-state index in [0.717, 1.165) is 28.5 Å². The van der Waals surface area contributed by atoms with Crippen molar-refractivity contribution >= 4 is 17.9 Å². The van der Waals surface area contributed by atoms with Gasteiger partial charge < -0.3 is 15.8 Å². The van der Waals surface area contributed by atoms with Crippen molar-refractivity contribution < 1.29 is 9.59 Å². The van der Waals surface area contributed by atoms with Crippen molar-refractivity contribution in [2.45, 2.75) is 19.4 Å². The number of hydrogen-bond acceptors (Lipinski definition) is 3. The Morgan fingerprint density at radius 3 is 2.27 bits per heavy atom. The topological polar surface area (TPSA) is 72.2 Å². The van der Waals surface area contributed by atoms with Crippen molar-refractivity contribution in [2.24, 2.45) is 11.7 Å². The number of hydrogen-bond donors (Lipinski definition) is 2. The van der Waals surface area contributed by atoms with E-state index in [4.69, 9.17) is 5.73 Å². The summed E-state index contributed by atoms with van der Waals surface area (Å²) >= 11 is 0. The molecule has 152 valence electrons. The quantitative estimate of drug-likeness (QED) is 0.550. The summed E-state index contributed by atoms with van der Waals surface area (Å²) in [7, 11) is 0. The number of nitrogens with one attached hydrogen (secondary N) is 1. The zero-order chi connectivity index (χ0) is 21.5. The van der Waals surface area contributed by atoms with Gasteiger partial charge in [-0.25, -0.2) is 0 Å². The highest BCUT2D eigenvalue weighted by atomic mass is 16.1. The summed E-state index contributed by atoms with van der Waals surface area (Å²) in [6.45, 7) is 5.60. The van der Waals surface area contributed by atoms with Crippen LogP contribution in [0.2, 0.25) is 0 Å². The van der Waals surface area contributed by atoms with Crippen LogP contribution in [0.1, 0.15) is 28.4 Å². The van der Waals surface area contributed by atoms with Crippen LogP contribution in [-0.2, 0) is 11.2 Å². The molecule has 0 saturated heterocycles. The Bertz CT molecular complexity index is 1030. The summed E-state index contributed by atoms with van der Waals surface area (Å²) in [5.74, 6) is -0.545. The van der Waals surface area contributed by atoms with E-state index in [2.05, 4.69) is 11.9 Å². The van der Waals surface area contributed by atoms with E-state index in [9.17, 15) is 9.59 Å². The Hall–Kier alpha value is -3.66. The van der Waals surface area contributed by atoms with Crippen LogP contribution in [0.4, 0.5) is 0 Å². The average molecular weight is 399 g/mol. The molecule has 3 aromatic rings. The van der Waals surface area contributed by atoms with E-state index in [1.807, 2.05) is 73.7 Å². The average Bonchev–Trinajstić information content (AvgIpc) is 2.78. The Kier molecular flexibility index (Phi) is 6.81. The second-order valence-electron chi connectivity index (χ2n) is 7.44. The lowest BCUT2D eigenvalue weighted by atomic mass is 9.93. The second-order valence-corrected chi connectivity index (χ2v) is 7.44.